The first-order valence-corrected chi connectivity index (χ1v) is 17.2. The van der Waals surface area contributed by atoms with Crippen molar-refractivity contribution in [2.45, 2.75) is 80.1 Å². The number of fused-ring (bicyclic) bond motifs is 1. The molecule has 0 saturated heterocycles. The van der Waals surface area contributed by atoms with Crippen LogP contribution in [0, 0.1) is 5.92 Å². The maximum absolute atomic E-state index is 14.2. The number of pyridine rings is 2. The highest BCUT2D eigenvalue weighted by Crippen LogP contribution is 2.38. The molecular formula is C39H53N5O3. The van der Waals surface area contributed by atoms with Crippen molar-refractivity contribution in [1.82, 2.24) is 14.9 Å². The number of aromatic nitrogens is 2. The zero-order valence-corrected chi connectivity index (χ0v) is 29.5. The van der Waals surface area contributed by atoms with Crippen LogP contribution in [-0.4, -0.2) is 53.7 Å². The van der Waals surface area contributed by atoms with E-state index >= 15 is 0 Å². The number of urea groups is 1. The van der Waals surface area contributed by atoms with E-state index < -0.39 is 0 Å². The van der Waals surface area contributed by atoms with Gasteiger partial charge in [0.15, 0.2) is 0 Å². The number of benzene rings is 2. The summed E-state index contributed by atoms with van der Waals surface area (Å²) in [6, 6.07) is 17.8. The third-order valence-electron chi connectivity index (χ3n) is 8.69. The van der Waals surface area contributed by atoms with Crippen molar-refractivity contribution in [3.8, 4) is 16.9 Å². The van der Waals surface area contributed by atoms with Crippen molar-refractivity contribution in [3.63, 3.8) is 0 Å². The van der Waals surface area contributed by atoms with Crippen molar-refractivity contribution < 1.29 is 9.53 Å². The van der Waals surface area contributed by atoms with Crippen LogP contribution in [0.3, 0.4) is 0 Å². The molecule has 0 spiro atoms. The van der Waals surface area contributed by atoms with Crippen LogP contribution in [0.15, 0.2) is 65.6 Å². The summed E-state index contributed by atoms with van der Waals surface area (Å²) in [5.41, 5.74) is 5.53. The van der Waals surface area contributed by atoms with Gasteiger partial charge >= 0.3 is 6.03 Å². The Morgan fingerprint density at radius 1 is 0.894 bits per heavy atom. The van der Waals surface area contributed by atoms with E-state index in [4.69, 9.17) is 4.74 Å². The summed E-state index contributed by atoms with van der Waals surface area (Å²) in [5, 5.41) is 4.05. The highest BCUT2D eigenvalue weighted by atomic mass is 16.5. The number of H-pyrrole nitrogens is 1. The summed E-state index contributed by atoms with van der Waals surface area (Å²) in [6.07, 6.45) is 3.37. The molecule has 0 fully saturated rings. The van der Waals surface area contributed by atoms with Crippen molar-refractivity contribution in [3.05, 3.63) is 82.3 Å². The van der Waals surface area contributed by atoms with Crippen LogP contribution in [0.2, 0.25) is 0 Å². The van der Waals surface area contributed by atoms with E-state index in [1.807, 2.05) is 24.3 Å². The van der Waals surface area contributed by atoms with E-state index in [0.717, 1.165) is 71.6 Å². The van der Waals surface area contributed by atoms with Crippen LogP contribution in [-0.2, 0) is 0 Å². The summed E-state index contributed by atoms with van der Waals surface area (Å²) < 4.78 is 6.16. The first-order valence-electron chi connectivity index (χ1n) is 17.2. The maximum atomic E-state index is 14.2. The number of rotatable bonds is 15. The Hall–Kier alpha value is -4.17. The molecule has 0 aliphatic carbocycles. The smallest absolute Gasteiger partial charge is 0.326 e. The first-order chi connectivity index (χ1) is 22.5. The van der Waals surface area contributed by atoms with Gasteiger partial charge in [-0.3, -0.25) is 9.69 Å². The molecule has 8 nitrogen and oxygen atoms in total. The molecule has 0 aliphatic rings. The number of anilines is 2. The highest BCUT2D eigenvalue weighted by Gasteiger charge is 2.24. The van der Waals surface area contributed by atoms with E-state index in [0.29, 0.717) is 30.4 Å². The Balaban J connectivity index is 1.67. The molecule has 0 saturated carbocycles. The summed E-state index contributed by atoms with van der Waals surface area (Å²) in [6.45, 7) is 21.4. The number of ether oxygens (including phenoxy) is 1. The number of hydrogen-bond acceptors (Lipinski definition) is 5. The Morgan fingerprint density at radius 2 is 1.60 bits per heavy atom. The maximum Gasteiger partial charge on any atom is 0.326 e. The highest BCUT2D eigenvalue weighted by molar-refractivity contribution is 6.03. The zero-order chi connectivity index (χ0) is 34.1. The van der Waals surface area contributed by atoms with Crippen molar-refractivity contribution in [1.29, 1.82) is 0 Å². The molecule has 2 N–H and O–H groups in total. The van der Waals surface area contributed by atoms with Crippen LogP contribution in [0.4, 0.5) is 16.2 Å². The van der Waals surface area contributed by atoms with Gasteiger partial charge in [-0.15, -0.1) is 0 Å². The minimum Gasteiger partial charge on any atom is -0.494 e. The Bertz CT molecular complexity index is 1660. The molecular weight excluding hydrogens is 586 g/mol. The normalized spacial score (nSPS) is 11.7. The minimum absolute atomic E-state index is 0.140. The average Bonchev–Trinajstić information content (AvgIpc) is 3.04. The van der Waals surface area contributed by atoms with Gasteiger partial charge in [0.2, 0.25) is 0 Å². The van der Waals surface area contributed by atoms with Gasteiger partial charge in [0, 0.05) is 30.4 Å². The van der Waals surface area contributed by atoms with Crippen LogP contribution < -0.4 is 20.5 Å². The molecule has 252 valence electrons. The summed E-state index contributed by atoms with van der Waals surface area (Å²) in [4.78, 5) is 38.6. The molecule has 2 heterocycles. The largest absolute Gasteiger partial charge is 0.494 e. The molecule has 0 aliphatic heterocycles. The predicted octanol–water partition coefficient (Wildman–Crippen LogP) is 9.03. The summed E-state index contributed by atoms with van der Waals surface area (Å²) >= 11 is 0. The SMILES string of the molecule is CCN(CC)CCCOc1cccc(-c2cc(C(C)C)c(NC(=O)N(CCC(C)C)c3cc4cccnc4[nH]c3=O)c(C(C)C)c2)c1. The van der Waals surface area contributed by atoms with Gasteiger partial charge < -0.3 is 19.9 Å². The molecule has 4 aromatic rings. The molecule has 0 bridgehead atoms. The molecule has 0 unspecified atom stereocenters. The fraction of sp³-hybridized carbons (Fsp3) is 0.462. The number of aromatic amines is 1. The second-order valence-electron chi connectivity index (χ2n) is 13.3. The zero-order valence-electron chi connectivity index (χ0n) is 29.5. The van der Waals surface area contributed by atoms with E-state index in [1.165, 1.54) is 0 Å². The van der Waals surface area contributed by atoms with Gasteiger partial charge in [-0.1, -0.05) is 67.5 Å². The predicted molar refractivity (Wildman–Crippen MR) is 196 cm³/mol. The quantitative estimate of drug-likeness (QED) is 0.127. The number of nitrogens with zero attached hydrogens (tertiary/aromatic N) is 3. The lowest BCUT2D eigenvalue weighted by Crippen LogP contribution is -2.40. The van der Waals surface area contributed by atoms with Crippen molar-refractivity contribution in [2.75, 3.05) is 43.0 Å². The Labute approximate surface area is 280 Å². The van der Waals surface area contributed by atoms with Crippen molar-refractivity contribution >= 4 is 28.4 Å². The van der Waals surface area contributed by atoms with E-state index in [1.54, 1.807) is 17.2 Å². The van der Waals surface area contributed by atoms with Crippen LogP contribution in [0.25, 0.3) is 22.2 Å². The average molecular weight is 640 g/mol. The number of hydrogen-bond donors (Lipinski definition) is 2. The Morgan fingerprint density at radius 3 is 2.23 bits per heavy atom. The number of carbonyl (C=O) groups is 1. The van der Waals surface area contributed by atoms with Gasteiger partial charge in [-0.25, -0.2) is 9.78 Å². The molecule has 47 heavy (non-hydrogen) atoms. The molecule has 8 heteroatoms. The molecule has 2 aromatic heterocycles. The standard InChI is InChI=1S/C39H53N5O3/c1-9-43(10-2)19-13-21-47-32-16-11-14-29(22-32)31-23-33(27(5)6)36(34(24-31)28(7)8)41-39(46)44(20-17-26(3)4)35-25-30-15-12-18-40-37(30)42-38(35)45/h11-12,14-16,18,22-28H,9-10,13,17,19-21H2,1-8H3,(H,41,46)(H,40,42,45). The number of amides is 2. The van der Waals surface area contributed by atoms with Crippen LogP contribution in [0.5, 0.6) is 5.75 Å². The lowest BCUT2D eigenvalue weighted by molar-refractivity contribution is 0.249. The third kappa shape index (κ3) is 9.22. The van der Waals surface area contributed by atoms with Crippen LogP contribution >= 0.6 is 0 Å². The molecule has 0 atom stereocenters. The fourth-order valence-electron chi connectivity index (χ4n) is 5.81. The van der Waals surface area contributed by atoms with Crippen LogP contribution in [0.1, 0.15) is 91.2 Å². The summed E-state index contributed by atoms with van der Waals surface area (Å²) in [5.74, 6) is 1.49. The fourth-order valence-corrected chi connectivity index (χ4v) is 5.81. The monoisotopic (exact) mass is 639 g/mol. The lowest BCUT2D eigenvalue weighted by atomic mass is 9.88. The number of carbonyl (C=O) groups excluding carboxylic acids is 1. The summed E-state index contributed by atoms with van der Waals surface area (Å²) in [7, 11) is 0. The number of nitrogens with one attached hydrogen (secondary N) is 2. The van der Waals surface area contributed by atoms with Crippen molar-refractivity contribution in [2.24, 2.45) is 5.92 Å². The topological polar surface area (TPSA) is 90.6 Å². The lowest BCUT2D eigenvalue weighted by Gasteiger charge is -2.27. The minimum atomic E-state index is -0.339. The van der Waals surface area contributed by atoms with Gasteiger partial charge in [-0.2, -0.15) is 0 Å². The molecule has 2 amide bonds. The molecule has 4 rings (SSSR count). The van der Waals surface area contributed by atoms with Gasteiger partial charge in [0.1, 0.15) is 17.1 Å². The third-order valence-corrected chi connectivity index (χ3v) is 8.69. The first kappa shape index (κ1) is 35.7. The second kappa shape index (κ2) is 16.6. The second-order valence-corrected chi connectivity index (χ2v) is 13.3. The van der Waals surface area contributed by atoms with E-state index in [9.17, 15) is 9.59 Å². The molecule has 0 radical (unpaired) electrons. The van der Waals surface area contributed by atoms with E-state index in [2.05, 4.69) is 99.8 Å². The van der Waals surface area contributed by atoms with E-state index in [-0.39, 0.29) is 23.4 Å². The van der Waals surface area contributed by atoms with Gasteiger partial charge in [0.05, 0.1) is 6.61 Å². The van der Waals surface area contributed by atoms with Gasteiger partial charge in [0.25, 0.3) is 5.56 Å². The Kier molecular flexibility index (Phi) is 12.6. The van der Waals surface area contributed by atoms with Gasteiger partial charge in [-0.05, 0) is 108 Å². The molecule has 2 aromatic carbocycles.